The molecule has 0 fully saturated rings. The normalized spacial score (nSPS) is 10.4. The van der Waals surface area contributed by atoms with Crippen LogP contribution in [0.1, 0.15) is 12.5 Å². The molecule has 0 unspecified atom stereocenters. The van der Waals surface area contributed by atoms with Gasteiger partial charge in [0, 0.05) is 24.4 Å². The van der Waals surface area contributed by atoms with E-state index >= 15 is 0 Å². The first-order valence-corrected chi connectivity index (χ1v) is 8.71. The van der Waals surface area contributed by atoms with E-state index in [0.29, 0.717) is 17.1 Å². The highest BCUT2D eigenvalue weighted by atomic mass is 16.5. The number of aryl methyl sites for hydroxylation is 2. The molecule has 1 amide bonds. The standard InChI is InChI=1S/C21H21N3O3/c1-3-15-4-10-18(11-5-15)27-14-20(25)22-17-8-6-16(7-9-17)19-12-13-21(26)24(2)23-19/h4-13H,3,14H2,1-2H3,(H,22,25). The van der Waals surface area contributed by atoms with Crippen molar-refractivity contribution in [2.45, 2.75) is 13.3 Å². The summed E-state index contributed by atoms with van der Waals surface area (Å²) in [6.45, 7) is 2.03. The van der Waals surface area contributed by atoms with Crippen LogP contribution in [0.3, 0.4) is 0 Å². The number of carbonyl (C=O) groups excluding carboxylic acids is 1. The maximum Gasteiger partial charge on any atom is 0.266 e. The van der Waals surface area contributed by atoms with Crippen LogP contribution in [-0.4, -0.2) is 22.3 Å². The van der Waals surface area contributed by atoms with Crippen LogP contribution < -0.4 is 15.6 Å². The monoisotopic (exact) mass is 363 g/mol. The number of rotatable bonds is 6. The van der Waals surface area contributed by atoms with Crippen LogP contribution in [-0.2, 0) is 18.3 Å². The van der Waals surface area contributed by atoms with E-state index in [1.165, 1.54) is 16.3 Å². The average molecular weight is 363 g/mol. The van der Waals surface area contributed by atoms with Crippen molar-refractivity contribution in [3.63, 3.8) is 0 Å². The van der Waals surface area contributed by atoms with E-state index in [1.807, 2.05) is 36.4 Å². The van der Waals surface area contributed by atoms with Gasteiger partial charge in [0.15, 0.2) is 6.61 Å². The van der Waals surface area contributed by atoms with Gasteiger partial charge < -0.3 is 10.1 Å². The maximum atomic E-state index is 12.1. The quantitative estimate of drug-likeness (QED) is 0.731. The molecule has 27 heavy (non-hydrogen) atoms. The number of carbonyl (C=O) groups is 1. The second-order valence-corrected chi connectivity index (χ2v) is 6.09. The summed E-state index contributed by atoms with van der Waals surface area (Å²) in [4.78, 5) is 23.5. The summed E-state index contributed by atoms with van der Waals surface area (Å²) in [5.41, 5.74) is 3.27. The van der Waals surface area contributed by atoms with Gasteiger partial charge in [-0.1, -0.05) is 31.2 Å². The molecule has 0 bridgehead atoms. The molecule has 3 aromatic rings. The summed E-state index contributed by atoms with van der Waals surface area (Å²) in [6.07, 6.45) is 0.964. The molecular formula is C21H21N3O3. The van der Waals surface area contributed by atoms with Crippen LogP contribution in [0.5, 0.6) is 5.75 Å². The Bertz CT molecular complexity index is 977. The molecule has 0 radical (unpaired) electrons. The van der Waals surface area contributed by atoms with Crippen molar-refractivity contribution < 1.29 is 9.53 Å². The zero-order chi connectivity index (χ0) is 19.2. The van der Waals surface area contributed by atoms with Gasteiger partial charge in [0.25, 0.3) is 11.5 Å². The third kappa shape index (κ3) is 4.82. The highest BCUT2D eigenvalue weighted by Crippen LogP contribution is 2.18. The second-order valence-electron chi connectivity index (χ2n) is 6.09. The van der Waals surface area contributed by atoms with Crippen molar-refractivity contribution in [1.29, 1.82) is 0 Å². The van der Waals surface area contributed by atoms with Gasteiger partial charge in [0.1, 0.15) is 5.75 Å². The largest absolute Gasteiger partial charge is 0.484 e. The Morgan fingerprint density at radius 2 is 1.74 bits per heavy atom. The number of anilines is 1. The molecule has 138 valence electrons. The first kappa shape index (κ1) is 18.4. The first-order chi connectivity index (χ1) is 13.0. The zero-order valence-corrected chi connectivity index (χ0v) is 15.3. The van der Waals surface area contributed by atoms with Gasteiger partial charge in [-0.15, -0.1) is 0 Å². The van der Waals surface area contributed by atoms with E-state index in [1.54, 1.807) is 25.2 Å². The highest BCUT2D eigenvalue weighted by Gasteiger charge is 2.06. The smallest absolute Gasteiger partial charge is 0.266 e. The molecule has 0 aliphatic heterocycles. The van der Waals surface area contributed by atoms with Crippen LogP contribution in [0.25, 0.3) is 11.3 Å². The molecule has 0 aliphatic rings. The van der Waals surface area contributed by atoms with Crippen LogP contribution >= 0.6 is 0 Å². The average Bonchev–Trinajstić information content (AvgIpc) is 2.69. The molecule has 0 aliphatic carbocycles. The molecule has 0 spiro atoms. The minimum atomic E-state index is -0.234. The van der Waals surface area contributed by atoms with Crippen LogP contribution in [0, 0.1) is 0 Å². The van der Waals surface area contributed by atoms with E-state index in [-0.39, 0.29) is 18.1 Å². The third-order valence-corrected chi connectivity index (χ3v) is 4.13. The molecule has 1 heterocycles. The Morgan fingerprint density at radius 3 is 2.37 bits per heavy atom. The highest BCUT2D eigenvalue weighted by molar-refractivity contribution is 5.92. The Hall–Kier alpha value is -3.41. The molecule has 0 saturated carbocycles. The number of nitrogens with zero attached hydrogens (tertiary/aromatic N) is 2. The second kappa shape index (κ2) is 8.31. The Kier molecular flexibility index (Phi) is 5.66. The number of nitrogens with one attached hydrogen (secondary N) is 1. The number of hydrogen-bond donors (Lipinski definition) is 1. The summed E-state index contributed by atoms with van der Waals surface area (Å²) < 4.78 is 6.79. The van der Waals surface area contributed by atoms with E-state index in [4.69, 9.17) is 4.74 Å². The predicted octanol–water partition coefficient (Wildman–Crippen LogP) is 3.03. The van der Waals surface area contributed by atoms with E-state index < -0.39 is 0 Å². The third-order valence-electron chi connectivity index (χ3n) is 4.13. The first-order valence-electron chi connectivity index (χ1n) is 8.71. The summed E-state index contributed by atoms with van der Waals surface area (Å²) in [5, 5.41) is 7.00. The van der Waals surface area contributed by atoms with Crippen molar-refractivity contribution in [3.8, 4) is 17.0 Å². The lowest BCUT2D eigenvalue weighted by atomic mass is 10.1. The molecule has 1 aromatic heterocycles. The number of ether oxygens (including phenoxy) is 1. The summed E-state index contributed by atoms with van der Waals surface area (Å²) in [7, 11) is 1.61. The van der Waals surface area contributed by atoms with E-state index in [2.05, 4.69) is 17.3 Å². The summed E-state index contributed by atoms with van der Waals surface area (Å²) >= 11 is 0. The van der Waals surface area contributed by atoms with E-state index in [0.717, 1.165) is 12.0 Å². The van der Waals surface area contributed by atoms with Crippen molar-refractivity contribution in [2.75, 3.05) is 11.9 Å². The molecule has 2 aromatic carbocycles. The van der Waals surface area contributed by atoms with Gasteiger partial charge in [-0.3, -0.25) is 9.59 Å². The molecular weight excluding hydrogens is 342 g/mol. The number of hydrogen-bond acceptors (Lipinski definition) is 4. The lowest BCUT2D eigenvalue weighted by Gasteiger charge is -2.09. The number of benzene rings is 2. The molecule has 3 rings (SSSR count). The molecule has 1 N–H and O–H groups in total. The van der Waals surface area contributed by atoms with Gasteiger partial charge in [-0.2, -0.15) is 5.10 Å². The fourth-order valence-electron chi connectivity index (χ4n) is 2.55. The minimum absolute atomic E-state index is 0.0599. The van der Waals surface area contributed by atoms with Crippen molar-refractivity contribution in [1.82, 2.24) is 9.78 Å². The Balaban J connectivity index is 1.57. The lowest BCUT2D eigenvalue weighted by molar-refractivity contribution is -0.118. The van der Waals surface area contributed by atoms with Gasteiger partial charge in [-0.25, -0.2) is 4.68 Å². The maximum absolute atomic E-state index is 12.1. The van der Waals surface area contributed by atoms with Crippen LogP contribution in [0.2, 0.25) is 0 Å². The number of aromatic nitrogens is 2. The summed E-state index contributed by atoms with van der Waals surface area (Å²) in [6, 6.07) is 18.1. The van der Waals surface area contributed by atoms with Crippen molar-refractivity contribution in [3.05, 3.63) is 76.6 Å². The summed E-state index contributed by atoms with van der Waals surface area (Å²) in [5.74, 6) is 0.431. The molecule has 6 nitrogen and oxygen atoms in total. The molecule has 6 heteroatoms. The van der Waals surface area contributed by atoms with E-state index in [9.17, 15) is 9.59 Å². The molecule has 0 saturated heterocycles. The fraction of sp³-hybridized carbons (Fsp3) is 0.190. The molecule has 0 atom stereocenters. The SMILES string of the molecule is CCc1ccc(OCC(=O)Nc2ccc(-c3ccc(=O)n(C)n3)cc2)cc1. The Morgan fingerprint density at radius 1 is 1.04 bits per heavy atom. The van der Waals surface area contributed by atoms with Crippen LogP contribution in [0.15, 0.2) is 65.5 Å². The Labute approximate surface area is 157 Å². The minimum Gasteiger partial charge on any atom is -0.484 e. The van der Waals surface area contributed by atoms with Crippen molar-refractivity contribution in [2.24, 2.45) is 7.05 Å². The topological polar surface area (TPSA) is 73.2 Å². The van der Waals surface area contributed by atoms with Crippen molar-refractivity contribution >= 4 is 11.6 Å². The van der Waals surface area contributed by atoms with Gasteiger partial charge in [0.05, 0.1) is 5.69 Å². The predicted molar refractivity (Wildman–Crippen MR) is 105 cm³/mol. The zero-order valence-electron chi connectivity index (χ0n) is 15.3. The number of amides is 1. The van der Waals surface area contributed by atoms with Gasteiger partial charge >= 0.3 is 0 Å². The van der Waals surface area contributed by atoms with Gasteiger partial charge in [-0.05, 0) is 42.3 Å². The fourth-order valence-corrected chi connectivity index (χ4v) is 2.55. The lowest BCUT2D eigenvalue weighted by Crippen LogP contribution is -2.20. The van der Waals surface area contributed by atoms with Gasteiger partial charge in [0.2, 0.25) is 0 Å². The van der Waals surface area contributed by atoms with Crippen LogP contribution in [0.4, 0.5) is 5.69 Å².